The molecule has 1 aliphatic rings. The van der Waals surface area contributed by atoms with Gasteiger partial charge in [-0.1, -0.05) is 30.3 Å². The van der Waals surface area contributed by atoms with Gasteiger partial charge in [0.25, 0.3) is 0 Å². The third-order valence-electron chi connectivity index (χ3n) is 3.86. The van der Waals surface area contributed by atoms with Crippen molar-refractivity contribution in [2.75, 3.05) is 30.9 Å². The summed E-state index contributed by atoms with van der Waals surface area (Å²) in [6.07, 6.45) is 2.03. The molecule has 1 aromatic heterocycles. The maximum Gasteiger partial charge on any atom is 0.163 e. The van der Waals surface area contributed by atoms with Crippen molar-refractivity contribution in [2.45, 2.75) is 18.9 Å². The number of anilines is 2. The number of aromatic nitrogens is 2. The molecule has 2 aromatic rings. The van der Waals surface area contributed by atoms with Crippen LogP contribution in [0.25, 0.3) is 11.4 Å². The molecule has 1 saturated heterocycles. The van der Waals surface area contributed by atoms with Crippen molar-refractivity contribution in [3.63, 3.8) is 0 Å². The van der Waals surface area contributed by atoms with Crippen molar-refractivity contribution in [1.82, 2.24) is 9.97 Å². The monoisotopic (exact) mass is 284 g/mol. The average molecular weight is 284 g/mol. The standard InChI is InChI=1S/C16H20N4O/c1-20(13-7-9-21-10-8-13)15-11-14(17)18-16(19-15)12-5-3-2-4-6-12/h2-6,11,13H,7-10H2,1H3,(H2,17,18,19). The number of nitrogens with zero attached hydrogens (tertiary/aromatic N) is 3. The van der Waals surface area contributed by atoms with Gasteiger partial charge < -0.3 is 15.4 Å². The van der Waals surface area contributed by atoms with Crippen LogP contribution in [0.1, 0.15) is 12.8 Å². The second kappa shape index (κ2) is 6.10. The van der Waals surface area contributed by atoms with Gasteiger partial charge in [-0.05, 0) is 12.8 Å². The van der Waals surface area contributed by atoms with Gasteiger partial charge in [-0.25, -0.2) is 9.97 Å². The van der Waals surface area contributed by atoms with E-state index >= 15 is 0 Å². The molecule has 0 bridgehead atoms. The van der Waals surface area contributed by atoms with Crippen LogP contribution in [0.4, 0.5) is 11.6 Å². The van der Waals surface area contributed by atoms with Crippen molar-refractivity contribution < 1.29 is 4.74 Å². The first-order chi connectivity index (χ1) is 10.2. The van der Waals surface area contributed by atoms with Gasteiger partial charge >= 0.3 is 0 Å². The van der Waals surface area contributed by atoms with Crippen LogP contribution in [0.3, 0.4) is 0 Å². The molecule has 3 rings (SSSR count). The third-order valence-corrected chi connectivity index (χ3v) is 3.86. The van der Waals surface area contributed by atoms with E-state index in [4.69, 9.17) is 10.5 Å². The molecule has 1 aliphatic heterocycles. The first-order valence-corrected chi connectivity index (χ1v) is 7.24. The average Bonchev–Trinajstić information content (AvgIpc) is 2.55. The molecule has 1 fully saturated rings. The highest BCUT2D eigenvalue weighted by atomic mass is 16.5. The Morgan fingerprint density at radius 1 is 1.14 bits per heavy atom. The molecule has 0 spiro atoms. The number of benzene rings is 1. The van der Waals surface area contributed by atoms with Crippen molar-refractivity contribution in [3.05, 3.63) is 36.4 Å². The molecule has 5 nitrogen and oxygen atoms in total. The predicted molar refractivity (Wildman–Crippen MR) is 84.1 cm³/mol. The van der Waals surface area contributed by atoms with Gasteiger partial charge in [0, 0.05) is 37.9 Å². The largest absolute Gasteiger partial charge is 0.384 e. The lowest BCUT2D eigenvalue weighted by Crippen LogP contribution is -2.37. The zero-order valence-corrected chi connectivity index (χ0v) is 12.2. The highest BCUT2D eigenvalue weighted by molar-refractivity contribution is 5.60. The van der Waals surface area contributed by atoms with Gasteiger partial charge in [-0.3, -0.25) is 0 Å². The van der Waals surface area contributed by atoms with Crippen LogP contribution in [-0.4, -0.2) is 36.3 Å². The van der Waals surface area contributed by atoms with E-state index in [1.807, 2.05) is 36.4 Å². The summed E-state index contributed by atoms with van der Waals surface area (Å²) in [4.78, 5) is 11.2. The van der Waals surface area contributed by atoms with Crippen molar-refractivity contribution in [2.24, 2.45) is 0 Å². The molecule has 0 aliphatic carbocycles. The van der Waals surface area contributed by atoms with Crippen molar-refractivity contribution in [3.8, 4) is 11.4 Å². The minimum absolute atomic E-state index is 0.441. The van der Waals surface area contributed by atoms with Crippen LogP contribution in [-0.2, 0) is 4.74 Å². The molecular formula is C16H20N4O. The Kier molecular flexibility index (Phi) is 4.01. The molecule has 0 radical (unpaired) electrons. The molecule has 2 heterocycles. The Morgan fingerprint density at radius 3 is 2.57 bits per heavy atom. The molecular weight excluding hydrogens is 264 g/mol. The minimum atomic E-state index is 0.441. The summed E-state index contributed by atoms with van der Waals surface area (Å²) in [6.45, 7) is 1.61. The van der Waals surface area contributed by atoms with E-state index in [-0.39, 0.29) is 0 Å². The van der Waals surface area contributed by atoms with E-state index in [9.17, 15) is 0 Å². The van der Waals surface area contributed by atoms with Crippen LogP contribution in [0.5, 0.6) is 0 Å². The number of hydrogen-bond donors (Lipinski definition) is 1. The van der Waals surface area contributed by atoms with Gasteiger partial charge in [0.1, 0.15) is 11.6 Å². The summed E-state index contributed by atoms with van der Waals surface area (Å²) in [6, 6.07) is 12.2. The Labute approximate surface area is 124 Å². The van der Waals surface area contributed by atoms with Gasteiger partial charge in [-0.2, -0.15) is 0 Å². The fourth-order valence-corrected chi connectivity index (χ4v) is 2.61. The number of nitrogens with two attached hydrogens (primary N) is 1. The summed E-state index contributed by atoms with van der Waals surface area (Å²) in [5.41, 5.74) is 6.94. The van der Waals surface area contributed by atoms with Crippen LogP contribution in [0.2, 0.25) is 0 Å². The summed E-state index contributed by atoms with van der Waals surface area (Å²) in [5, 5.41) is 0. The highest BCUT2D eigenvalue weighted by Gasteiger charge is 2.20. The van der Waals surface area contributed by atoms with E-state index in [0.717, 1.165) is 37.4 Å². The van der Waals surface area contributed by atoms with E-state index < -0.39 is 0 Å². The number of rotatable bonds is 3. The SMILES string of the molecule is CN(c1cc(N)nc(-c2ccccc2)n1)C1CCOCC1. The Bertz CT molecular complexity index is 596. The molecule has 2 N–H and O–H groups in total. The topological polar surface area (TPSA) is 64.3 Å². The first kappa shape index (κ1) is 13.8. The second-order valence-corrected chi connectivity index (χ2v) is 5.30. The molecule has 1 aromatic carbocycles. The molecule has 0 saturated carbocycles. The number of hydrogen-bond acceptors (Lipinski definition) is 5. The van der Waals surface area contributed by atoms with Gasteiger partial charge in [0.15, 0.2) is 5.82 Å². The molecule has 5 heteroatoms. The van der Waals surface area contributed by atoms with Crippen molar-refractivity contribution in [1.29, 1.82) is 0 Å². The smallest absolute Gasteiger partial charge is 0.163 e. The molecule has 21 heavy (non-hydrogen) atoms. The lowest BCUT2D eigenvalue weighted by Gasteiger charge is -2.32. The van der Waals surface area contributed by atoms with Crippen molar-refractivity contribution >= 4 is 11.6 Å². The van der Waals surface area contributed by atoms with Crippen LogP contribution in [0.15, 0.2) is 36.4 Å². The lowest BCUT2D eigenvalue weighted by molar-refractivity contribution is 0.0853. The molecule has 110 valence electrons. The first-order valence-electron chi connectivity index (χ1n) is 7.24. The maximum atomic E-state index is 5.96. The summed E-state index contributed by atoms with van der Waals surface area (Å²) in [5.74, 6) is 2.04. The Balaban J connectivity index is 1.90. The third kappa shape index (κ3) is 3.13. The van der Waals surface area contributed by atoms with Crippen LogP contribution in [0, 0.1) is 0 Å². The number of ether oxygens (including phenoxy) is 1. The highest BCUT2D eigenvalue weighted by Crippen LogP contribution is 2.24. The Hall–Kier alpha value is -2.14. The quantitative estimate of drug-likeness (QED) is 0.937. The van der Waals surface area contributed by atoms with Crippen LogP contribution < -0.4 is 10.6 Å². The summed E-state index contributed by atoms with van der Waals surface area (Å²) in [7, 11) is 2.06. The maximum absolute atomic E-state index is 5.96. The minimum Gasteiger partial charge on any atom is -0.384 e. The molecule has 0 amide bonds. The zero-order valence-electron chi connectivity index (χ0n) is 12.2. The second-order valence-electron chi connectivity index (χ2n) is 5.30. The van der Waals surface area contributed by atoms with Gasteiger partial charge in [-0.15, -0.1) is 0 Å². The summed E-state index contributed by atoms with van der Waals surface area (Å²) < 4.78 is 5.42. The van der Waals surface area contributed by atoms with Gasteiger partial charge in [0.2, 0.25) is 0 Å². The fraction of sp³-hybridized carbons (Fsp3) is 0.375. The molecule has 0 atom stereocenters. The fourth-order valence-electron chi connectivity index (χ4n) is 2.61. The van der Waals surface area contributed by atoms with Gasteiger partial charge in [0.05, 0.1) is 0 Å². The lowest BCUT2D eigenvalue weighted by atomic mass is 10.1. The zero-order chi connectivity index (χ0) is 14.7. The van der Waals surface area contributed by atoms with E-state index in [1.165, 1.54) is 0 Å². The normalized spacial score (nSPS) is 15.9. The number of nitrogen functional groups attached to an aromatic ring is 1. The Morgan fingerprint density at radius 2 is 1.86 bits per heavy atom. The van der Waals surface area contributed by atoms with Crippen LogP contribution >= 0.6 is 0 Å². The van der Waals surface area contributed by atoms with E-state index in [2.05, 4.69) is 21.9 Å². The molecule has 0 unspecified atom stereocenters. The predicted octanol–water partition coefficient (Wildman–Crippen LogP) is 2.34. The van der Waals surface area contributed by atoms with E-state index in [1.54, 1.807) is 0 Å². The summed E-state index contributed by atoms with van der Waals surface area (Å²) >= 11 is 0. The van der Waals surface area contributed by atoms with E-state index in [0.29, 0.717) is 17.7 Å².